The maximum atomic E-state index is 11.8. The Hall–Kier alpha value is -1.34. The molecule has 1 rings (SSSR count). The molecule has 0 bridgehead atoms. The number of rotatable bonds is 5. The number of aliphatic hydroxyl groups excluding tert-OH is 1. The summed E-state index contributed by atoms with van der Waals surface area (Å²) in [4.78, 5) is 24.2. The lowest BCUT2D eigenvalue weighted by Crippen LogP contribution is -2.51. The number of methoxy groups -OCH3 is 1. The van der Waals surface area contributed by atoms with Crippen molar-refractivity contribution in [1.82, 2.24) is 10.2 Å². The Bertz CT molecular complexity index is 289. The van der Waals surface area contributed by atoms with Crippen LogP contribution >= 0.6 is 0 Å². The summed E-state index contributed by atoms with van der Waals surface area (Å²) in [6.45, 7) is 1.15. The molecule has 1 unspecified atom stereocenters. The summed E-state index contributed by atoms with van der Waals surface area (Å²) in [5, 5.41) is 20.3. The van der Waals surface area contributed by atoms with E-state index in [-0.39, 0.29) is 19.1 Å². The van der Waals surface area contributed by atoms with Gasteiger partial charge >= 0.3 is 12.0 Å². The molecule has 104 valence electrons. The molecule has 0 spiro atoms. The number of carboxylic acid groups (broad SMARTS) is 1. The van der Waals surface area contributed by atoms with E-state index in [9.17, 15) is 9.59 Å². The van der Waals surface area contributed by atoms with Crippen LogP contribution in [0.4, 0.5) is 4.79 Å². The molecule has 0 radical (unpaired) electrons. The number of urea groups is 1. The van der Waals surface area contributed by atoms with Crippen molar-refractivity contribution in [1.29, 1.82) is 0 Å². The van der Waals surface area contributed by atoms with E-state index in [0.717, 1.165) is 12.8 Å². The monoisotopic (exact) mass is 260 g/mol. The highest BCUT2D eigenvalue weighted by atomic mass is 16.5. The third kappa shape index (κ3) is 4.15. The number of aliphatic carboxylic acids is 1. The smallest absolute Gasteiger partial charge is 0.328 e. The van der Waals surface area contributed by atoms with Crippen molar-refractivity contribution in [3.8, 4) is 0 Å². The fraction of sp³-hybridized carbons (Fsp3) is 0.818. The van der Waals surface area contributed by atoms with Gasteiger partial charge < -0.3 is 25.2 Å². The van der Waals surface area contributed by atoms with Crippen molar-refractivity contribution in [3.05, 3.63) is 0 Å². The van der Waals surface area contributed by atoms with Crippen LogP contribution < -0.4 is 5.32 Å². The Morgan fingerprint density at radius 2 is 2.06 bits per heavy atom. The van der Waals surface area contributed by atoms with E-state index in [1.807, 2.05) is 0 Å². The van der Waals surface area contributed by atoms with Crippen molar-refractivity contribution in [2.45, 2.75) is 18.9 Å². The van der Waals surface area contributed by atoms with E-state index in [4.69, 9.17) is 14.9 Å². The standard InChI is InChI=1S/C11H20N2O5/c1-18-7-9(10(15)16)12-11(17)13-4-2-8(6-14)3-5-13/h8-9,14H,2-7H2,1H3,(H,12,17)(H,15,16). The summed E-state index contributed by atoms with van der Waals surface area (Å²) in [6.07, 6.45) is 1.48. The molecule has 1 atom stereocenters. The van der Waals surface area contributed by atoms with E-state index >= 15 is 0 Å². The van der Waals surface area contributed by atoms with Gasteiger partial charge in [-0.3, -0.25) is 0 Å². The minimum atomic E-state index is -1.12. The van der Waals surface area contributed by atoms with Crippen molar-refractivity contribution >= 4 is 12.0 Å². The van der Waals surface area contributed by atoms with Crippen LogP contribution in [-0.2, 0) is 9.53 Å². The predicted molar refractivity (Wildman–Crippen MR) is 63.2 cm³/mol. The second-order valence-corrected chi connectivity index (χ2v) is 4.41. The van der Waals surface area contributed by atoms with Crippen LogP contribution in [-0.4, -0.2) is 66.6 Å². The molecule has 0 aliphatic carbocycles. The molecule has 1 aliphatic heterocycles. The van der Waals surface area contributed by atoms with Gasteiger partial charge in [-0.1, -0.05) is 0 Å². The molecule has 2 amide bonds. The Morgan fingerprint density at radius 1 is 1.44 bits per heavy atom. The molecule has 7 nitrogen and oxygen atoms in total. The summed E-state index contributed by atoms with van der Waals surface area (Å²) in [5.41, 5.74) is 0. The van der Waals surface area contributed by atoms with E-state index < -0.39 is 18.0 Å². The number of carbonyl (C=O) groups is 2. The molecule has 0 aromatic carbocycles. The minimum Gasteiger partial charge on any atom is -0.480 e. The number of hydrogen-bond acceptors (Lipinski definition) is 4. The Labute approximate surface area is 106 Å². The number of carboxylic acids is 1. The van der Waals surface area contributed by atoms with Crippen LogP contribution in [0.2, 0.25) is 0 Å². The average Bonchev–Trinajstić information content (AvgIpc) is 2.38. The van der Waals surface area contributed by atoms with E-state index in [2.05, 4.69) is 5.32 Å². The van der Waals surface area contributed by atoms with Crippen LogP contribution in [0.3, 0.4) is 0 Å². The highest BCUT2D eigenvalue weighted by Gasteiger charge is 2.26. The molecule has 3 N–H and O–H groups in total. The zero-order chi connectivity index (χ0) is 13.5. The normalized spacial score (nSPS) is 18.4. The van der Waals surface area contributed by atoms with Gasteiger partial charge in [-0.05, 0) is 18.8 Å². The summed E-state index contributed by atoms with van der Waals surface area (Å²) < 4.78 is 4.74. The number of hydrogen-bond donors (Lipinski definition) is 3. The topological polar surface area (TPSA) is 99.1 Å². The van der Waals surface area contributed by atoms with E-state index in [0.29, 0.717) is 13.1 Å². The number of piperidine rings is 1. The molecule has 0 aromatic rings. The van der Waals surface area contributed by atoms with Crippen molar-refractivity contribution in [2.24, 2.45) is 5.92 Å². The fourth-order valence-corrected chi connectivity index (χ4v) is 1.90. The first-order chi connectivity index (χ1) is 8.58. The maximum Gasteiger partial charge on any atom is 0.328 e. The van der Waals surface area contributed by atoms with Gasteiger partial charge in [0.05, 0.1) is 6.61 Å². The van der Waals surface area contributed by atoms with Crippen molar-refractivity contribution in [3.63, 3.8) is 0 Å². The van der Waals surface area contributed by atoms with Gasteiger partial charge in [-0.15, -0.1) is 0 Å². The van der Waals surface area contributed by atoms with Gasteiger partial charge in [-0.25, -0.2) is 9.59 Å². The molecular formula is C11H20N2O5. The lowest BCUT2D eigenvalue weighted by atomic mass is 9.98. The Balaban J connectivity index is 2.42. The summed E-state index contributed by atoms with van der Waals surface area (Å²) in [6, 6.07) is -1.42. The summed E-state index contributed by atoms with van der Waals surface area (Å²) >= 11 is 0. The zero-order valence-corrected chi connectivity index (χ0v) is 10.5. The van der Waals surface area contributed by atoms with E-state index in [1.165, 1.54) is 7.11 Å². The number of ether oxygens (including phenoxy) is 1. The second kappa shape index (κ2) is 7.17. The Morgan fingerprint density at radius 3 is 2.50 bits per heavy atom. The second-order valence-electron chi connectivity index (χ2n) is 4.41. The first-order valence-electron chi connectivity index (χ1n) is 5.96. The number of carbonyl (C=O) groups excluding carboxylic acids is 1. The van der Waals surface area contributed by atoms with Gasteiger partial charge in [0.25, 0.3) is 0 Å². The predicted octanol–water partition coefficient (Wildman–Crippen LogP) is -0.500. The number of likely N-dealkylation sites (tertiary alicyclic amines) is 1. The Kier molecular flexibility index (Phi) is 5.87. The molecule has 1 aliphatic rings. The molecule has 1 saturated heterocycles. The molecule has 18 heavy (non-hydrogen) atoms. The van der Waals surface area contributed by atoms with Crippen LogP contribution in [0, 0.1) is 5.92 Å². The average molecular weight is 260 g/mol. The minimum absolute atomic E-state index is 0.0613. The molecule has 0 aromatic heterocycles. The SMILES string of the molecule is COCC(NC(=O)N1CCC(CO)CC1)C(=O)O. The fourth-order valence-electron chi connectivity index (χ4n) is 1.90. The number of amides is 2. The zero-order valence-electron chi connectivity index (χ0n) is 10.5. The van der Waals surface area contributed by atoms with Gasteiger partial charge in [0.2, 0.25) is 0 Å². The number of aliphatic hydroxyl groups is 1. The lowest BCUT2D eigenvalue weighted by molar-refractivity contribution is -0.140. The third-order valence-corrected chi connectivity index (χ3v) is 3.09. The molecule has 1 heterocycles. The first kappa shape index (κ1) is 14.7. The largest absolute Gasteiger partial charge is 0.480 e. The van der Waals surface area contributed by atoms with Crippen LogP contribution in [0.1, 0.15) is 12.8 Å². The summed E-state index contributed by atoms with van der Waals surface area (Å²) in [7, 11) is 1.38. The van der Waals surface area contributed by atoms with Gasteiger partial charge in [0.15, 0.2) is 6.04 Å². The van der Waals surface area contributed by atoms with Gasteiger partial charge in [0.1, 0.15) is 0 Å². The highest BCUT2D eigenvalue weighted by molar-refractivity contribution is 5.82. The highest BCUT2D eigenvalue weighted by Crippen LogP contribution is 2.16. The van der Waals surface area contributed by atoms with Gasteiger partial charge in [0, 0.05) is 26.8 Å². The van der Waals surface area contributed by atoms with Crippen molar-refractivity contribution < 1.29 is 24.5 Å². The molecule has 1 fully saturated rings. The van der Waals surface area contributed by atoms with E-state index in [1.54, 1.807) is 4.90 Å². The van der Waals surface area contributed by atoms with Crippen LogP contribution in [0.25, 0.3) is 0 Å². The first-order valence-corrected chi connectivity index (χ1v) is 5.96. The number of nitrogens with one attached hydrogen (secondary N) is 1. The lowest BCUT2D eigenvalue weighted by Gasteiger charge is -2.31. The quantitative estimate of drug-likeness (QED) is 0.619. The van der Waals surface area contributed by atoms with Crippen molar-refractivity contribution in [2.75, 3.05) is 33.4 Å². The molecule has 0 saturated carbocycles. The maximum absolute atomic E-state index is 11.8. The number of nitrogens with zero attached hydrogens (tertiary/aromatic N) is 1. The summed E-state index contributed by atoms with van der Waals surface area (Å²) in [5.74, 6) is -0.876. The van der Waals surface area contributed by atoms with Crippen LogP contribution in [0.5, 0.6) is 0 Å². The van der Waals surface area contributed by atoms with Crippen LogP contribution in [0.15, 0.2) is 0 Å². The molecule has 7 heteroatoms. The third-order valence-electron chi connectivity index (χ3n) is 3.09. The molecular weight excluding hydrogens is 240 g/mol. The van der Waals surface area contributed by atoms with Gasteiger partial charge in [-0.2, -0.15) is 0 Å².